The number of benzene rings is 1. The Balaban J connectivity index is 2.08. The van der Waals surface area contributed by atoms with E-state index in [4.69, 9.17) is 23.2 Å². The molecule has 1 saturated carbocycles. The Morgan fingerprint density at radius 1 is 1.26 bits per heavy atom. The van der Waals surface area contributed by atoms with Gasteiger partial charge in [0.15, 0.2) is 0 Å². The second-order valence-electron chi connectivity index (χ2n) is 5.26. The number of nitrogens with one attached hydrogen (secondary N) is 1. The van der Waals surface area contributed by atoms with E-state index in [0.717, 1.165) is 31.2 Å². The molecule has 0 aromatic heterocycles. The zero-order valence-corrected chi connectivity index (χ0v) is 12.7. The molecule has 1 fully saturated rings. The van der Waals surface area contributed by atoms with Gasteiger partial charge in [0.05, 0.1) is 16.1 Å². The van der Waals surface area contributed by atoms with Crippen LogP contribution in [0.3, 0.4) is 0 Å². The minimum Gasteiger partial charge on any atom is -0.392 e. The zero-order valence-electron chi connectivity index (χ0n) is 11.2. The highest BCUT2D eigenvalue weighted by Gasteiger charge is 2.25. The van der Waals surface area contributed by atoms with Crippen molar-refractivity contribution in [1.29, 1.82) is 0 Å². The SMILES string of the molecule is CCC(NC1CCCCC1O)c1ccc(Cl)c(Cl)c1. The molecule has 0 radical (unpaired) electrons. The average molecular weight is 302 g/mol. The first-order valence-electron chi connectivity index (χ1n) is 7.01. The van der Waals surface area contributed by atoms with E-state index in [1.165, 1.54) is 6.42 Å². The van der Waals surface area contributed by atoms with Crippen molar-refractivity contribution in [3.63, 3.8) is 0 Å². The van der Waals surface area contributed by atoms with Crippen LogP contribution in [0.1, 0.15) is 50.6 Å². The highest BCUT2D eigenvalue weighted by Crippen LogP contribution is 2.28. The molecule has 2 nitrogen and oxygen atoms in total. The Morgan fingerprint density at radius 2 is 2.00 bits per heavy atom. The molecule has 3 atom stereocenters. The zero-order chi connectivity index (χ0) is 13.8. The van der Waals surface area contributed by atoms with E-state index in [1.54, 1.807) is 0 Å². The van der Waals surface area contributed by atoms with Gasteiger partial charge in [-0.25, -0.2) is 0 Å². The molecule has 2 rings (SSSR count). The largest absolute Gasteiger partial charge is 0.392 e. The van der Waals surface area contributed by atoms with Crippen LogP contribution in [0.4, 0.5) is 0 Å². The molecule has 0 spiro atoms. The van der Waals surface area contributed by atoms with Crippen molar-refractivity contribution in [2.45, 2.75) is 57.2 Å². The van der Waals surface area contributed by atoms with Gasteiger partial charge in [0.2, 0.25) is 0 Å². The molecule has 1 aromatic carbocycles. The summed E-state index contributed by atoms with van der Waals surface area (Å²) in [5.41, 5.74) is 1.13. The second-order valence-corrected chi connectivity index (χ2v) is 6.07. The highest BCUT2D eigenvalue weighted by molar-refractivity contribution is 6.42. The molecular formula is C15H21Cl2NO. The highest BCUT2D eigenvalue weighted by atomic mass is 35.5. The van der Waals surface area contributed by atoms with E-state index in [-0.39, 0.29) is 18.2 Å². The van der Waals surface area contributed by atoms with E-state index in [2.05, 4.69) is 12.2 Å². The number of hydrogen-bond acceptors (Lipinski definition) is 2. The van der Waals surface area contributed by atoms with Gasteiger partial charge in [-0.2, -0.15) is 0 Å². The summed E-state index contributed by atoms with van der Waals surface area (Å²) in [7, 11) is 0. The molecular weight excluding hydrogens is 281 g/mol. The van der Waals surface area contributed by atoms with Crippen LogP contribution in [0, 0.1) is 0 Å². The monoisotopic (exact) mass is 301 g/mol. The number of aliphatic hydroxyl groups is 1. The van der Waals surface area contributed by atoms with Gasteiger partial charge in [0, 0.05) is 12.1 Å². The van der Waals surface area contributed by atoms with Crippen LogP contribution in [0.5, 0.6) is 0 Å². The van der Waals surface area contributed by atoms with Crippen molar-refractivity contribution >= 4 is 23.2 Å². The fraction of sp³-hybridized carbons (Fsp3) is 0.600. The van der Waals surface area contributed by atoms with Gasteiger partial charge in [0.25, 0.3) is 0 Å². The third kappa shape index (κ3) is 3.85. The van der Waals surface area contributed by atoms with Crippen LogP contribution >= 0.6 is 23.2 Å². The van der Waals surface area contributed by atoms with E-state index in [0.29, 0.717) is 10.0 Å². The molecule has 1 aromatic rings. The molecule has 4 heteroatoms. The molecule has 2 N–H and O–H groups in total. The molecule has 0 heterocycles. The average Bonchev–Trinajstić information content (AvgIpc) is 2.41. The van der Waals surface area contributed by atoms with Crippen molar-refractivity contribution < 1.29 is 5.11 Å². The summed E-state index contributed by atoms with van der Waals surface area (Å²) in [6.45, 7) is 2.13. The summed E-state index contributed by atoms with van der Waals surface area (Å²) in [6, 6.07) is 6.16. The van der Waals surface area contributed by atoms with Crippen molar-refractivity contribution in [2.75, 3.05) is 0 Å². The molecule has 1 aliphatic rings. The van der Waals surface area contributed by atoms with Crippen LogP contribution in [0.25, 0.3) is 0 Å². The molecule has 106 valence electrons. The summed E-state index contributed by atoms with van der Waals surface area (Å²) in [5, 5.41) is 14.8. The van der Waals surface area contributed by atoms with Crippen LogP contribution in [-0.4, -0.2) is 17.3 Å². The summed E-state index contributed by atoms with van der Waals surface area (Å²) in [4.78, 5) is 0. The van der Waals surface area contributed by atoms with E-state index >= 15 is 0 Å². The molecule has 1 aliphatic carbocycles. The van der Waals surface area contributed by atoms with Gasteiger partial charge in [0.1, 0.15) is 0 Å². The number of rotatable bonds is 4. The minimum absolute atomic E-state index is 0.188. The lowest BCUT2D eigenvalue weighted by molar-refractivity contribution is 0.0844. The first-order valence-corrected chi connectivity index (χ1v) is 7.76. The van der Waals surface area contributed by atoms with Gasteiger partial charge >= 0.3 is 0 Å². The van der Waals surface area contributed by atoms with Gasteiger partial charge in [-0.05, 0) is 37.0 Å². The maximum absolute atomic E-state index is 10.0. The van der Waals surface area contributed by atoms with Crippen molar-refractivity contribution in [3.8, 4) is 0 Å². The van der Waals surface area contributed by atoms with Crippen molar-refractivity contribution in [1.82, 2.24) is 5.32 Å². The van der Waals surface area contributed by atoms with Crippen LogP contribution in [-0.2, 0) is 0 Å². The van der Waals surface area contributed by atoms with Crippen LogP contribution < -0.4 is 5.32 Å². The molecule has 0 amide bonds. The number of hydrogen-bond donors (Lipinski definition) is 2. The van der Waals surface area contributed by atoms with Gasteiger partial charge in [-0.3, -0.25) is 0 Å². The lowest BCUT2D eigenvalue weighted by Crippen LogP contribution is -2.43. The Labute approximate surface area is 125 Å². The third-order valence-corrected chi connectivity index (χ3v) is 4.64. The minimum atomic E-state index is -0.231. The van der Waals surface area contributed by atoms with Crippen LogP contribution in [0.15, 0.2) is 18.2 Å². The lowest BCUT2D eigenvalue weighted by atomic mass is 9.91. The predicted octanol–water partition coefficient (Wildman–Crippen LogP) is 4.34. The Kier molecular flexibility index (Phi) is 5.52. The smallest absolute Gasteiger partial charge is 0.0693 e. The second kappa shape index (κ2) is 6.94. The molecule has 19 heavy (non-hydrogen) atoms. The first kappa shape index (κ1) is 15.1. The topological polar surface area (TPSA) is 32.3 Å². The maximum Gasteiger partial charge on any atom is 0.0693 e. The number of aliphatic hydroxyl groups excluding tert-OH is 1. The van der Waals surface area contributed by atoms with Gasteiger partial charge in [-0.15, -0.1) is 0 Å². The molecule has 3 unspecified atom stereocenters. The van der Waals surface area contributed by atoms with Gasteiger partial charge in [-0.1, -0.05) is 49.0 Å². The van der Waals surface area contributed by atoms with Crippen LogP contribution in [0.2, 0.25) is 10.0 Å². The van der Waals surface area contributed by atoms with Gasteiger partial charge < -0.3 is 10.4 Å². The van der Waals surface area contributed by atoms with Crippen molar-refractivity contribution in [3.05, 3.63) is 33.8 Å². The predicted molar refractivity (Wildman–Crippen MR) is 80.9 cm³/mol. The fourth-order valence-electron chi connectivity index (χ4n) is 2.74. The maximum atomic E-state index is 10.0. The Bertz CT molecular complexity index is 425. The summed E-state index contributed by atoms with van der Waals surface area (Å²) >= 11 is 12.0. The van der Waals surface area contributed by atoms with E-state index in [9.17, 15) is 5.11 Å². The first-order chi connectivity index (χ1) is 9.11. The summed E-state index contributed by atoms with van der Waals surface area (Å²) in [5.74, 6) is 0. The normalized spacial score (nSPS) is 25.3. The quantitative estimate of drug-likeness (QED) is 0.867. The van der Waals surface area contributed by atoms with Crippen molar-refractivity contribution in [2.24, 2.45) is 0 Å². The Morgan fingerprint density at radius 3 is 2.63 bits per heavy atom. The van der Waals surface area contributed by atoms with E-state index in [1.807, 2.05) is 18.2 Å². The lowest BCUT2D eigenvalue weighted by Gasteiger charge is -2.32. The standard InChI is InChI=1S/C15H21Cl2NO/c1-2-13(10-7-8-11(16)12(17)9-10)18-14-5-3-4-6-15(14)19/h7-9,13-15,18-19H,2-6H2,1H3. The third-order valence-electron chi connectivity index (χ3n) is 3.90. The summed E-state index contributed by atoms with van der Waals surface area (Å²) in [6.07, 6.45) is 4.98. The Hall–Kier alpha value is -0.280. The molecule has 0 saturated heterocycles. The molecule has 0 aliphatic heterocycles. The number of halogens is 2. The molecule has 0 bridgehead atoms. The summed E-state index contributed by atoms with van der Waals surface area (Å²) < 4.78 is 0. The fourth-order valence-corrected chi connectivity index (χ4v) is 3.05. The van der Waals surface area contributed by atoms with E-state index < -0.39 is 0 Å².